The molecule has 1 N–H and O–H groups in total. The summed E-state index contributed by atoms with van der Waals surface area (Å²) in [7, 11) is 1.52. The molecule has 2 rings (SSSR count). The first-order valence-corrected chi connectivity index (χ1v) is 8.79. The van der Waals surface area contributed by atoms with Gasteiger partial charge in [0.1, 0.15) is 0 Å². The third-order valence-electron chi connectivity index (χ3n) is 3.42. The third kappa shape index (κ3) is 5.45. The molecule has 0 spiro atoms. The normalized spacial score (nSPS) is 12.0. The number of carbonyl (C=O) groups is 2. The molecule has 135 valence electrons. The van der Waals surface area contributed by atoms with Crippen LogP contribution in [0.2, 0.25) is 0 Å². The molecule has 6 nitrogen and oxygen atoms in total. The molecule has 0 aliphatic carbocycles. The van der Waals surface area contributed by atoms with Crippen molar-refractivity contribution in [3.05, 3.63) is 64.4 Å². The molecule has 7 heteroatoms. The fraction of sp³-hybridized carbons (Fsp3) is 0.211. The van der Waals surface area contributed by atoms with Crippen LogP contribution in [0, 0.1) is 0 Å². The molecule has 0 saturated heterocycles. The lowest BCUT2D eigenvalue weighted by Crippen LogP contribution is -2.54. The molecule has 0 aliphatic rings. The smallest absolute Gasteiger partial charge is 0.279 e. The van der Waals surface area contributed by atoms with Gasteiger partial charge in [0, 0.05) is 13.7 Å². The molecule has 1 unspecified atom stereocenters. The average Bonchev–Trinajstić information content (AvgIpc) is 3.21. The van der Waals surface area contributed by atoms with Crippen molar-refractivity contribution in [2.24, 2.45) is 0 Å². The molecule has 1 radical (unpaired) electrons. The number of ketones is 1. The second kappa shape index (κ2) is 10.4. The zero-order chi connectivity index (χ0) is 18.8. The van der Waals surface area contributed by atoms with Crippen LogP contribution in [-0.4, -0.2) is 49.3 Å². The predicted molar refractivity (Wildman–Crippen MR) is 100 cm³/mol. The summed E-state index contributed by atoms with van der Waals surface area (Å²) in [5.74, 6) is -1.01. The zero-order valence-electron chi connectivity index (χ0n) is 14.3. The first-order chi connectivity index (χ1) is 12.7. The van der Waals surface area contributed by atoms with E-state index in [9.17, 15) is 14.4 Å². The van der Waals surface area contributed by atoms with Crippen LogP contribution in [0.4, 0.5) is 0 Å². The molecule has 0 fully saturated rings. The van der Waals surface area contributed by atoms with Gasteiger partial charge in [-0.3, -0.25) is 19.4 Å². The van der Waals surface area contributed by atoms with E-state index in [0.717, 1.165) is 10.6 Å². The van der Waals surface area contributed by atoms with Crippen LogP contribution in [0.5, 0.6) is 0 Å². The highest BCUT2D eigenvalue weighted by atomic mass is 32.1. The first kappa shape index (κ1) is 19.7. The molecule has 26 heavy (non-hydrogen) atoms. The van der Waals surface area contributed by atoms with E-state index in [2.05, 4.69) is 5.43 Å². The molecule has 1 atom stereocenters. The Morgan fingerprint density at radius 2 is 2.04 bits per heavy atom. The minimum Gasteiger partial charge on any atom is -0.383 e. The van der Waals surface area contributed by atoms with Gasteiger partial charge in [0.15, 0.2) is 11.8 Å². The van der Waals surface area contributed by atoms with Crippen LogP contribution in [0.1, 0.15) is 15.2 Å². The summed E-state index contributed by atoms with van der Waals surface area (Å²) in [4.78, 5) is 37.0. The lowest BCUT2D eigenvalue weighted by molar-refractivity contribution is -0.117. The Kier molecular flexibility index (Phi) is 7.88. The number of benzene rings is 1. The number of hydrogen-bond donors (Lipinski definition) is 1. The average molecular weight is 371 g/mol. The topological polar surface area (TPSA) is 75.7 Å². The largest absolute Gasteiger partial charge is 0.383 e. The van der Waals surface area contributed by atoms with Crippen LogP contribution in [0.25, 0.3) is 6.08 Å². The highest BCUT2D eigenvalue weighted by Crippen LogP contribution is 2.13. The van der Waals surface area contributed by atoms with E-state index in [0.29, 0.717) is 11.5 Å². The molecular formula is C19H19N2O4S. The summed E-state index contributed by atoms with van der Waals surface area (Å²) >= 11 is 1.23. The van der Waals surface area contributed by atoms with Crippen LogP contribution >= 0.6 is 11.3 Å². The van der Waals surface area contributed by atoms with Crippen molar-refractivity contribution < 1.29 is 19.1 Å². The Balaban J connectivity index is 2.18. The zero-order valence-corrected chi connectivity index (χ0v) is 15.1. The quantitative estimate of drug-likeness (QED) is 0.300. The van der Waals surface area contributed by atoms with Crippen molar-refractivity contribution in [1.82, 2.24) is 10.4 Å². The van der Waals surface area contributed by atoms with E-state index in [1.165, 1.54) is 24.5 Å². The monoisotopic (exact) mass is 371 g/mol. The number of carbonyl (C=O) groups excluding carboxylic acids is 3. The number of amides is 1. The molecule has 2 aromatic rings. The standard InChI is InChI=1S/C19H19N2O4S/c1-25-12-11-20-21(19(24)18-8-5-13-26-18)16(14-22)17(23)10-9-15-6-3-2-4-7-15/h2-10,13,16,20H,11-12H2,1H3. The van der Waals surface area contributed by atoms with Crippen molar-refractivity contribution >= 4 is 35.4 Å². The van der Waals surface area contributed by atoms with E-state index in [4.69, 9.17) is 4.74 Å². The van der Waals surface area contributed by atoms with Gasteiger partial charge in [-0.1, -0.05) is 42.5 Å². The molecule has 1 aromatic heterocycles. The number of hydrazine groups is 1. The minimum atomic E-state index is -1.39. The highest BCUT2D eigenvalue weighted by Gasteiger charge is 2.30. The van der Waals surface area contributed by atoms with Gasteiger partial charge >= 0.3 is 0 Å². The summed E-state index contributed by atoms with van der Waals surface area (Å²) in [6.07, 6.45) is 4.53. The van der Waals surface area contributed by atoms with E-state index in [1.807, 2.05) is 30.3 Å². The number of methoxy groups -OCH3 is 1. The number of hydrogen-bond acceptors (Lipinski definition) is 6. The maximum atomic E-state index is 12.7. The van der Waals surface area contributed by atoms with Crippen molar-refractivity contribution in [3.63, 3.8) is 0 Å². The molecule has 1 amide bonds. The van der Waals surface area contributed by atoms with Crippen LogP contribution in [-0.2, 0) is 14.3 Å². The second-order valence-corrected chi connectivity index (χ2v) is 6.17. The highest BCUT2D eigenvalue weighted by molar-refractivity contribution is 7.12. The Morgan fingerprint density at radius 3 is 2.65 bits per heavy atom. The Hall–Kier alpha value is -2.61. The predicted octanol–water partition coefficient (Wildman–Crippen LogP) is 2.10. The fourth-order valence-electron chi connectivity index (χ4n) is 2.14. The Labute approximate surface area is 156 Å². The number of thiophene rings is 1. The summed E-state index contributed by atoms with van der Waals surface area (Å²) < 4.78 is 4.95. The van der Waals surface area contributed by atoms with Crippen molar-refractivity contribution in [1.29, 1.82) is 0 Å². The maximum absolute atomic E-state index is 12.7. The van der Waals surface area contributed by atoms with Gasteiger partial charge in [-0.25, -0.2) is 5.43 Å². The van der Waals surface area contributed by atoms with Crippen molar-refractivity contribution in [3.8, 4) is 0 Å². The summed E-state index contributed by atoms with van der Waals surface area (Å²) in [6, 6.07) is 11.2. The summed E-state index contributed by atoms with van der Waals surface area (Å²) in [5.41, 5.74) is 3.60. The number of ether oxygens (including phenoxy) is 1. The summed E-state index contributed by atoms with van der Waals surface area (Å²) in [6.45, 7) is 0.579. The van der Waals surface area contributed by atoms with E-state index in [-0.39, 0.29) is 6.54 Å². The van der Waals surface area contributed by atoms with Gasteiger partial charge in [0.25, 0.3) is 5.91 Å². The Morgan fingerprint density at radius 1 is 1.27 bits per heavy atom. The minimum absolute atomic E-state index is 0.265. The fourth-order valence-corrected chi connectivity index (χ4v) is 2.80. The molecular weight excluding hydrogens is 352 g/mol. The molecule has 0 saturated carbocycles. The van der Waals surface area contributed by atoms with Crippen molar-refractivity contribution in [2.75, 3.05) is 20.3 Å². The van der Waals surface area contributed by atoms with Gasteiger partial charge in [-0.15, -0.1) is 11.3 Å². The van der Waals surface area contributed by atoms with E-state index >= 15 is 0 Å². The molecule has 0 aliphatic heterocycles. The van der Waals surface area contributed by atoms with Gasteiger partial charge in [-0.2, -0.15) is 0 Å². The van der Waals surface area contributed by atoms with Gasteiger partial charge in [-0.05, 0) is 23.1 Å². The molecule has 0 bridgehead atoms. The van der Waals surface area contributed by atoms with Crippen molar-refractivity contribution in [2.45, 2.75) is 6.04 Å². The lowest BCUT2D eigenvalue weighted by atomic mass is 10.1. The van der Waals surface area contributed by atoms with Crippen LogP contribution in [0.15, 0.2) is 53.9 Å². The number of nitrogens with one attached hydrogen (secondary N) is 1. The van der Waals surface area contributed by atoms with Crippen LogP contribution in [0.3, 0.4) is 0 Å². The van der Waals surface area contributed by atoms with Gasteiger partial charge < -0.3 is 4.74 Å². The molecule has 1 aromatic carbocycles. The lowest BCUT2D eigenvalue weighted by Gasteiger charge is -2.26. The second-order valence-electron chi connectivity index (χ2n) is 5.22. The third-order valence-corrected chi connectivity index (χ3v) is 4.28. The van der Waals surface area contributed by atoms with Gasteiger partial charge in [0.05, 0.1) is 11.5 Å². The first-order valence-electron chi connectivity index (χ1n) is 7.91. The SMILES string of the molecule is COCCNN(C(=O)c1cccs1)C([C]=O)C(=O)C=Cc1ccccc1. The van der Waals surface area contributed by atoms with E-state index in [1.54, 1.807) is 29.9 Å². The number of nitrogens with zero attached hydrogens (tertiary/aromatic N) is 1. The Bertz CT molecular complexity index is 744. The molecule has 1 heterocycles. The maximum Gasteiger partial charge on any atom is 0.279 e. The van der Waals surface area contributed by atoms with E-state index < -0.39 is 17.7 Å². The summed E-state index contributed by atoms with van der Waals surface area (Å²) in [5, 5.41) is 2.76. The van der Waals surface area contributed by atoms with Crippen LogP contribution < -0.4 is 5.43 Å². The number of rotatable bonds is 10. The van der Waals surface area contributed by atoms with Gasteiger partial charge in [0.2, 0.25) is 6.29 Å².